The average Bonchev–Trinajstić information content (AvgIpc) is 3.30. The van der Waals surface area contributed by atoms with Gasteiger partial charge in [-0.1, -0.05) is 58.8 Å². The summed E-state index contributed by atoms with van der Waals surface area (Å²) in [4.78, 5) is 30.4. The SMILES string of the molecule is CCOC(=O)C1=C(C(F)(F)F)N=c2s/c(=C\c3cc(Br)c(OCc4cccc(Cl)c4)c(OC)c3)c(=O)n2[C@H]1c1ccc(Cl)cc1. The molecule has 1 aliphatic rings. The number of esters is 1. The van der Waals surface area contributed by atoms with Gasteiger partial charge in [-0.3, -0.25) is 9.36 Å². The van der Waals surface area contributed by atoms with E-state index in [0.29, 0.717) is 31.6 Å². The summed E-state index contributed by atoms with van der Waals surface area (Å²) in [7, 11) is 1.45. The van der Waals surface area contributed by atoms with E-state index < -0.39 is 35.0 Å². The Kier molecular flexibility index (Phi) is 9.78. The molecule has 45 heavy (non-hydrogen) atoms. The number of hydrogen-bond donors (Lipinski definition) is 0. The predicted molar refractivity (Wildman–Crippen MR) is 169 cm³/mol. The summed E-state index contributed by atoms with van der Waals surface area (Å²) in [6.45, 7) is 1.49. The maximum Gasteiger partial charge on any atom is 0.434 e. The first-order valence-electron chi connectivity index (χ1n) is 13.2. The molecule has 0 fully saturated rings. The van der Waals surface area contributed by atoms with Gasteiger partial charge in [-0.25, -0.2) is 9.79 Å². The molecule has 2 heterocycles. The second-order valence-corrected chi connectivity index (χ2v) is 12.3. The van der Waals surface area contributed by atoms with Crippen molar-refractivity contribution < 1.29 is 32.2 Å². The number of thiazole rings is 1. The van der Waals surface area contributed by atoms with Crippen molar-refractivity contribution in [1.29, 1.82) is 0 Å². The predicted octanol–water partition coefficient (Wildman–Crippen LogP) is 7.00. The summed E-state index contributed by atoms with van der Waals surface area (Å²) >= 11 is 16.3. The minimum Gasteiger partial charge on any atom is -0.493 e. The van der Waals surface area contributed by atoms with E-state index in [1.807, 2.05) is 6.07 Å². The van der Waals surface area contributed by atoms with Crippen LogP contribution in [0.1, 0.15) is 29.7 Å². The normalized spacial score (nSPS) is 15.0. The summed E-state index contributed by atoms with van der Waals surface area (Å²) in [5.41, 5.74) is -1.34. The minimum atomic E-state index is -5.01. The molecule has 0 aliphatic carbocycles. The second kappa shape index (κ2) is 13.4. The van der Waals surface area contributed by atoms with Gasteiger partial charge >= 0.3 is 12.1 Å². The molecule has 234 valence electrons. The first-order chi connectivity index (χ1) is 21.4. The van der Waals surface area contributed by atoms with Crippen LogP contribution in [-0.4, -0.2) is 30.4 Å². The number of benzene rings is 3. The van der Waals surface area contributed by atoms with Crippen molar-refractivity contribution in [3.8, 4) is 11.5 Å². The summed E-state index contributed by atoms with van der Waals surface area (Å²) < 4.78 is 61.2. The third-order valence-electron chi connectivity index (χ3n) is 6.60. The van der Waals surface area contributed by atoms with Crippen molar-refractivity contribution in [2.24, 2.45) is 4.99 Å². The Labute approximate surface area is 276 Å². The Bertz CT molecular complexity index is 1990. The first kappa shape index (κ1) is 32.8. The number of carbonyl (C=O) groups is 1. The van der Waals surface area contributed by atoms with Crippen LogP contribution in [0.2, 0.25) is 10.0 Å². The lowest BCUT2D eigenvalue weighted by molar-refractivity contribution is -0.140. The van der Waals surface area contributed by atoms with Crippen molar-refractivity contribution >= 4 is 62.5 Å². The second-order valence-electron chi connectivity index (χ2n) is 9.57. The molecular weight excluding hydrogens is 720 g/mol. The smallest absolute Gasteiger partial charge is 0.434 e. The Balaban J connectivity index is 1.64. The van der Waals surface area contributed by atoms with E-state index in [1.165, 1.54) is 44.4 Å². The number of carbonyl (C=O) groups excluding carboxylic acids is 1. The average molecular weight is 742 g/mol. The number of alkyl halides is 3. The van der Waals surface area contributed by atoms with E-state index in [1.54, 1.807) is 30.3 Å². The third-order valence-corrected chi connectivity index (χ3v) is 8.66. The van der Waals surface area contributed by atoms with Crippen LogP contribution in [0.5, 0.6) is 11.5 Å². The minimum absolute atomic E-state index is 0.0703. The van der Waals surface area contributed by atoms with Crippen molar-refractivity contribution in [3.63, 3.8) is 0 Å². The highest BCUT2D eigenvalue weighted by Crippen LogP contribution is 2.39. The van der Waals surface area contributed by atoms with E-state index in [0.717, 1.165) is 21.5 Å². The van der Waals surface area contributed by atoms with Gasteiger partial charge in [0, 0.05) is 10.0 Å². The molecule has 0 unspecified atom stereocenters. The Morgan fingerprint density at radius 2 is 1.84 bits per heavy atom. The van der Waals surface area contributed by atoms with Gasteiger partial charge in [0.2, 0.25) is 0 Å². The van der Waals surface area contributed by atoms with Gasteiger partial charge in [-0.15, -0.1) is 0 Å². The molecule has 1 aliphatic heterocycles. The zero-order chi connectivity index (χ0) is 32.5. The van der Waals surface area contributed by atoms with Gasteiger partial charge in [0.15, 0.2) is 22.0 Å². The molecule has 3 aromatic carbocycles. The number of aromatic nitrogens is 1. The van der Waals surface area contributed by atoms with Crippen molar-refractivity contribution in [3.05, 3.63) is 123 Å². The lowest BCUT2D eigenvalue weighted by Gasteiger charge is -2.26. The maximum absolute atomic E-state index is 14.3. The molecule has 0 saturated heterocycles. The fourth-order valence-corrected chi connectivity index (χ4v) is 6.61. The Morgan fingerprint density at radius 3 is 2.49 bits per heavy atom. The van der Waals surface area contributed by atoms with E-state index in [2.05, 4.69) is 20.9 Å². The third kappa shape index (κ3) is 6.99. The molecule has 1 atom stereocenters. The zero-order valence-electron chi connectivity index (χ0n) is 23.5. The molecular formula is C31H22BrCl2F3N2O5S. The van der Waals surface area contributed by atoms with Gasteiger partial charge < -0.3 is 14.2 Å². The number of hydrogen-bond acceptors (Lipinski definition) is 7. The van der Waals surface area contributed by atoms with Gasteiger partial charge in [0.05, 0.1) is 34.3 Å². The van der Waals surface area contributed by atoms with Gasteiger partial charge in [-0.05, 0) is 82.0 Å². The number of halogens is 6. The fraction of sp³-hybridized carbons (Fsp3) is 0.194. The number of nitrogens with zero attached hydrogens (tertiary/aromatic N) is 2. The summed E-state index contributed by atoms with van der Waals surface area (Å²) in [5, 5.41) is 0.886. The number of fused-ring (bicyclic) bond motifs is 1. The molecule has 0 radical (unpaired) electrons. The molecule has 0 bridgehead atoms. The van der Waals surface area contributed by atoms with Crippen LogP contribution in [0, 0.1) is 0 Å². The highest BCUT2D eigenvalue weighted by Gasteiger charge is 2.45. The Hall–Kier alpha value is -3.58. The fourth-order valence-electron chi connectivity index (χ4n) is 4.70. The quantitative estimate of drug-likeness (QED) is 0.182. The van der Waals surface area contributed by atoms with E-state index in [-0.39, 0.29) is 28.1 Å². The molecule has 1 aromatic heterocycles. The van der Waals surface area contributed by atoms with Gasteiger partial charge in [0.25, 0.3) is 5.56 Å². The van der Waals surface area contributed by atoms with E-state index in [9.17, 15) is 22.8 Å². The largest absolute Gasteiger partial charge is 0.493 e. The van der Waals surface area contributed by atoms with Gasteiger partial charge in [0.1, 0.15) is 6.61 Å². The Morgan fingerprint density at radius 1 is 1.11 bits per heavy atom. The molecule has 0 spiro atoms. The zero-order valence-corrected chi connectivity index (χ0v) is 27.4. The lowest BCUT2D eigenvalue weighted by Crippen LogP contribution is -2.41. The van der Waals surface area contributed by atoms with E-state index >= 15 is 0 Å². The lowest BCUT2D eigenvalue weighted by atomic mass is 9.95. The van der Waals surface area contributed by atoms with Crippen LogP contribution < -0.4 is 24.4 Å². The maximum atomic E-state index is 14.3. The summed E-state index contributed by atoms with van der Waals surface area (Å²) in [6, 6.07) is 14.8. The number of rotatable bonds is 8. The van der Waals surface area contributed by atoms with Crippen LogP contribution in [0.3, 0.4) is 0 Å². The van der Waals surface area contributed by atoms with Crippen LogP contribution in [0.4, 0.5) is 13.2 Å². The standard InChI is InChI=1S/C31H22BrCl2F3N2O5S/c1-3-43-29(41)24-25(18-7-9-19(33)10-8-18)39-28(40)23(45-30(39)38-27(24)31(35,36)37)14-17-12-21(32)26(22(13-17)42-2)44-15-16-5-4-6-20(34)11-16/h4-14,25H,3,15H2,1-2H3/b23-14-/t25-/m0/s1. The summed E-state index contributed by atoms with van der Waals surface area (Å²) in [5.74, 6) is -0.494. The molecule has 0 amide bonds. The highest BCUT2D eigenvalue weighted by atomic mass is 79.9. The number of ether oxygens (including phenoxy) is 3. The molecule has 4 aromatic rings. The summed E-state index contributed by atoms with van der Waals surface area (Å²) in [6.07, 6.45) is -3.51. The topological polar surface area (TPSA) is 79.1 Å². The molecule has 14 heteroatoms. The van der Waals surface area contributed by atoms with Crippen LogP contribution in [0.15, 0.2) is 86.2 Å². The molecule has 5 rings (SSSR count). The van der Waals surface area contributed by atoms with E-state index in [4.69, 9.17) is 37.4 Å². The van der Waals surface area contributed by atoms with Gasteiger partial charge in [-0.2, -0.15) is 13.2 Å². The van der Waals surface area contributed by atoms with Crippen LogP contribution >= 0.6 is 50.5 Å². The number of allylic oxidation sites excluding steroid dienone is 1. The van der Waals surface area contributed by atoms with Crippen LogP contribution in [0.25, 0.3) is 6.08 Å². The van der Waals surface area contributed by atoms with Crippen molar-refractivity contribution in [1.82, 2.24) is 4.57 Å². The van der Waals surface area contributed by atoms with Crippen LogP contribution in [-0.2, 0) is 16.1 Å². The van der Waals surface area contributed by atoms with Crippen molar-refractivity contribution in [2.75, 3.05) is 13.7 Å². The monoisotopic (exact) mass is 740 g/mol. The first-order valence-corrected chi connectivity index (χ1v) is 15.6. The molecule has 7 nitrogen and oxygen atoms in total. The molecule has 0 N–H and O–H groups in total. The number of methoxy groups -OCH3 is 1. The highest BCUT2D eigenvalue weighted by molar-refractivity contribution is 9.10. The van der Waals surface area contributed by atoms with Crippen molar-refractivity contribution in [2.45, 2.75) is 25.7 Å². The molecule has 0 saturated carbocycles.